The van der Waals surface area contributed by atoms with E-state index in [1.807, 2.05) is 0 Å². The van der Waals surface area contributed by atoms with Gasteiger partial charge in [-0.05, 0) is 24.6 Å². The Labute approximate surface area is 207 Å². The van der Waals surface area contributed by atoms with Crippen molar-refractivity contribution in [2.45, 2.75) is 12.5 Å². The van der Waals surface area contributed by atoms with Gasteiger partial charge in [-0.1, -0.05) is 35.3 Å². The van der Waals surface area contributed by atoms with Gasteiger partial charge in [0.15, 0.2) is 11.5 Å². The lowest BCUT2D eigenvalue weighted by Gasteiger charge is -2.27. The van der Waals surface area contributed by atoms with E-state index in [9.17, 15) is 14.7 Å². The van der Waals surface area contributed by atoms with Gasteiger partial charge in [0.1, 0.15) is 11.5 Å². The smallest absolute Gasteiger partial charge is 0.295 e. The van der Waals surface area contributed by atoms with Crippen LogP contribution in [0.15, 0.2) is 35.9 Å². The fourth-order valence-corrected chi connectivity index (χ4v) is 4.60. The lowest BCUT2D eigenvalue weighted by molar-refractivity contribution is -0.140. The monoisotopic (exact) mass is 509 g/mol. The molecule has 0 bridgehead atoms. The van der Waals surface area contributed by atoms with Gasteiger partial charge in [-0.25, -0.2) is 0 Å². The summed E-state index contributed by atoms with van der Waals surface area (Å²) in [5.74, 6) is -1.24. The van der Waals surface area contributed by atoms with Crippen molar-refractivity contribution >= 4 is 40.7 Å². The van der Waals surface area contributed by atoms with Crippen LogP contribution >= 0.6 is 23.2 Å². The van der Waals surface area contributed by atoms with Gasteiger partial charge in [0.25, 0.3) is 11.7 Å². The summed E-state index contributed by atoms with van der Waals surface area (Å²) in [5, 5.41) is 11.7. The minimum Gasteiger partial charge on any atom is -0.507 e. The van der Waals surface area contributed by atoms with Gasteiger partial charge < -0.3 is 29.0 Å². The predicted octanol–water partition coefficient (Wildman–Crippen LogP) is 4.48. The largest absolute Gasteiger partial charge is 0.507 e. The van der Waals surface area contributed by atoms with Gasteiger partial charge in [-0.2, -0.15) is 0 Å². The number of carbonyl (C=O) groups excluding carboxylic acids is 2. The Hall–Kier alpha value is -2.94. The van der Waals surface area contributed by atoms with Crippen LogP contribution in [0.2, 0.25) is 10.0 Å². The topological polar surface area (TPSA) is 94.5 Å². The normalized spacial score (nSPS) is 17.2. The molecule has 1 atom stereocenters. The van der Waals surface area contributed by atoms with E-state index < -0.39 is 23.5 Å². The summed E-state index contributed by atoms with van der Waals surface area (Å²) < 4.78 is 21.4. The molecule has 1 aliphatic rings. The van der Waals surface area contributed by atoms with Gasteiger partial charge in [0.05, 0.1) is 43.5 Å². The molecule has 0 saturated carbocycles. The average Bonchev–Trinajstić information content (AvgIpc) is 3.07. The number of aliphatic hydroxyl groups excluding tert-OH is 1. The number of rotatable bonds is 9. The van der Waals surface area contributed by atoms with E-state index in [-0.39, 0.29) is 33.5 Å². The summed E-state index contributed by atoms with van der Waals surface area (Å²) in [4.78, 5) is 27.7. The minimum absolute atomic E-state index is 0.0850. The van der Waals surface area contributed by atoms with Crippen molar-refractivity contribution in [3.05, 3.63) is 57.1 Å². The van der Waals surface area contributed by atoms with Crippen LogP contribution in [0.1, 0.15) is 23.6 Å². The number of methoxy groups -OCH3 is 4. The molecule has 8 nitrogen and oxygen atoms in total. The number of benzene rings is 2. The molecule has 3 rings (SSSR count). The number of hydrogen-bond acceptors (Lipinski definition) is 7. The van der Waals surface area contributed by atoms with Crippen molar-refractivity contribution < 1.29 is 33.6 Å². The molecule has 1 unspecified atom stereocenters. The average molecular weight is 510 g/mol. The highest BCUT2D eigenvalue weighted by Gasteiger charge is 2.47. The molecule has 1 heterocycles. The zero-order valence-corrected chi connectivity index (χ0v) is 20.7. The molecule has 1 aliphatic heterocycles. The maximum atomic E-state index is 13.3. The Morgan fingerprint density at radius 3 is 2.35 bits per heavy atom. The third-order valence-corrected chi connectivity index (χ3v) is 5.98. The second-order valence-electron chi connectivity index (χ2n) is 7.39. The highest BCUT2D eigenvalue weighted by molar-refractivity contribution is 6.47. The van der Waals surface area contributed by atoms with E-state index in [4.69, 9.17) is 42.1 Å². The van der Waals surface area contributed by atoms with E-state index in [1.165, 1.54) is 38.4 Å². The Morgan fingerprint density at radius 1 is 1.03 bits per heavy atom. The van der Waals surface area contributed by atoms with Gasteiger partial charge >= 0.3 is 0 Å². The maximum absolute atomic E-state index is 13.3. The number of para-hydroxylation sites is 1. The van der Waals surface area contributed by atoms with Crippen LogP contribution in [0, 0.1) is 0 Å². The first kappa shape index (κ1) is 25.7. The van der Waals surface area contributed by atoms with E-state index in [0.717, 1.165) is 0 Å². The van der Waals surface area contributed by atoms with Crippen LogP contribution in [-0.4, -0.2) is 63.3 Å². The summed E-state index contributed by atoms with van der Waals surface area (Å²) >= 11 is 12.4. The molecule has 10 heteroatoms. The molecular formula is C24H25Cl2NO7. The lowest BCUT2D eigenvalue weighted by Crippen LogP contribution is -2.31. The van der Waals surface area contributed by atoms with Gasteiger partial charge in [0, 0.05) is 30.8 Å². The number of likely N-dealkylation sites (tertiary alicyclic amines) is 1. The molecule has 34 heavy (non-hydrogen) atoms. The zero-order chi connectivity index (χ0) is 25.0. The van der Waals surface area contributed by atoms with Crippen LogP contribution in [0.4, 0.5) is 0 Å². The predicted molar refractivity (Wildman–Crippen MR) is 128 cm³/mol. The number of carbonyl (C=O) groups is 2. The van der Waals surface area contributed by atoms with Crippen LogP contribution < -0.4 is 14.2 Å². The maximum Gasteiger partial charge on any atom is 0.295 e. The van der Waals surface area contributed by atoms with Crippen LogP contribution in [-0.2, 0) is 14.3 Å². The highest BCUT2D eigenvalue weighted by Crippen LogP contribution is 2.47. The summed E-state index contributed by atoms with van der Waals surface area (Å²) in [6, 6.07) is 7.01. The third-order valence-electron chi connectivity index (χ3n) is 5.48. The standard InChI is InChI=1S/C24H25Cl2NO7/c1-31-10-6-9-27-19(14-7-5-8-17(32-2)23(14)34-4)18(21(29)24(27)30)20(28)15-11-13(25)12-16(26)22(15)33-3/h5,7-8,11-12,19,28H,6,9-10H2,1-4H3/b20-18+. The fourth-order valence-electron chi connectivity index (χ4n) is 4.03. The number of ether oxygens (including phenoxy) is 4. The quantitative estimate of drug-likeness (QED) is 0.230. The Bertz CT molecular complexity index is 1130. The molecule has 1 amide bonds. The third kappa shape index (κ3) is 4.66. The number of halogens is 2. The van der Waals surface area contributed by atoms with E-state index >= 15 is 0 Å². The van der Waals surface area contributed by atoms with Crippen molar-refractivity contribution in [1.29, 1.82) is 0 Å². The molecule has 1 N–H and O–H groups in total. The van der Waals surface area contributed by atoms with Crippen LogP contribution in [0.5, 0.6) is 17.2 Å². The minimum atomic E-state index is -0.968. The van der Waals surface area contributed by atoms with Crippen molar-refractivity contribution in [1.82, 2.24) is 4.90 Å². The van der Waals surface area contributed by atoms with Gasteiger partial charge in [-0.3, -0.25) is 9.59 Å². The molecule has 182 valence electrons. The first-order valence-electron chi connectivity index (χ1n) is 10.3. The van der Waals surface area contributed by atoms with Gasteiger partial charge in [-0.15, -0.1) is 0 Å². The highest BCUT2D eigenvalue weighted by atomic mass is 35.5. The molecular weight excluding hydrogens is 485 g/mol. The molecule has 2 aromatic rings. The van der Waals surface area contributed by atoms with Crippen molar-refractivity contribution in [3.63, 3.8) is 0 Å². The number of hydrogen-bond donors (Lipinski definition) is 1. The van der Waals surface area contributed by atoms with E-state index in [1.54, 1.807) is 25.3 Å². The second kappa shape index (κ2) is 11.0. The fraction of sp³-hybridized carbons (Fsp3) is 0.333. The molecule has 0 aliphatic carbocycles. The first-order chi connectivity index (χ1) is 16.3. The molecule has 1 fully saturated rings. The van der Waals surface area contributed by atoms with Crippen molar-refractivity contribution in [3.8, 4) is 17.2 Å². The van der Waals surface area contributed by atoms with Crippen LogP contribution in [0.25, 0.3) is 5.76 Å². The molecule has 0 aromatic heterocycles. The van der Waals surface area contributed by atoms with E-state index in [0.29, 0.717) is 30.1 Å². The zero-order valence-electron chi connectivity index (χ0n) is 19.2. The number of ketones is 1. The second-order valence-corrected chi connectivity index (χ2v) is 8.23. The SMILES string of the molecule is COCCCN1C(=O)C(=O)/C(=C(/O)c2cc(Cl)cc(Cl)c2OC)C1c1cccc(OC)c1OC. The molecule has 2 aromatic carbocycles. The van der Waals surface area contributed by atoms with E-state index in [2.05, 4.69) is 0 Å². The first-order valence-corrected chi connectivity index (χ1v) is 11.1. The molecule has 0 radical (unpaired) electrons. The summed E-state index contributed by atoms with van der Waals surface area (Å²) in [7, 11) is 5.86. The van der Waals surface area contributed by atoms with Crippen molar-refractivity contribution in [2.24, 2.45) is 0 Å². The summed E-state index contributed by atoms with van der Waals surface area (Å²) in [6.07, 6.45) is 0.471. The summed E-state index contributed by atoms with van der Waals surface area (Å²) in [6.45, 7) is 0.580. The molecule has 1 saturated heterocycles. The number of amides is 1. The summed E-state index contributed by atoms with van der Waals surface area (Å²) in [5.41, 5.74) is 0.402. The number of aliphatic hydroxyl groups is 1. The Kier molecular flexibility index (Phi) is 8.30. The number of Topliss-reactive ketones (excluding diaryl/α,β-unsaturated/α-hetero) is 1. The number of nitrogens with zero attached hydrogens (tertiary/aromatic N) is 1. The lowest BCUT2D eigenvalue weighted by atomic mass is 9.94. The Balaban J connectivity index is 2.31. The van der Waals surface area contributed by atoms with Crippen molar-refractivity contribution in [2.75, 3.05) is 41.6 Å². The van der Waals surface area contributed by atoms with Crippen LogP contribution in [0.3, 0.4) is 0 Å². The Morgan fingerprint density at radius 2 is 1.74 bits per heavy atom. The van der Waals surface area contributed by atoms with Gasteiger partial charge in [0.2, 0.25) is 0 Å². The molecule has 0 spiro atoms.